The van der Waals surface area contributed by atoms with Crippen molar-refractivity contribution in [2.45, 2.75) is 27.7 Å². The Bertz CT molecular complexity index is 864. The molecule has 0 aliphatic rings. The molecule has 0 aliphatic heterocycles. The van der Waals surface area contributed by atoms with Crippen molar-refractivity contribution >= 4 is 23.4 Å². The second-order valence-corrected chi connectivity index (χ2v) is 7.07. The van der Waals surface area contributed by atoms with Crippen LogP contribution in [0.1, 0.15) is 37.0 Å². The van der Waals surface area contributed by atoms with Gasteiger partial charge in [-0.05, 0) is 31.2 Å². The summed E-state index contributed by atoms with van der Waals surface area (Å²) in [5.41, 5.74) is -0.376. The summed E-state index contributed by atoms with van der Waals surface area (Å²) < 4.78 is 6.41. The van der Waals surface area contributed by atoms with Crippen molar-refractivity contribution in [3.8, 4) is 5.69 Å². The zero-order chi connectivity index (χ0) is 18.8. The van der Waals surface area contributed by atoms with Gasteiger partial charge in [0.05, 0.1) is 5.69 Å². The number of hydrogen-bond acceptors (Lipinski definition) is 5. The SMILES string of the molecule is Cc1cc(=O)c(C(=O)OCC(=O)C(C)(C)C)nn1-c1ccc(Cl)cc1. The number of Topliss-reactive ketones (excluding diaryl/α,β-unsaturated/α-hetero) is 1. The van der Waals surface area contributed by atoms with Crippen LogP contribution in [0.25, 0.3) is 5.69 Å². The molecule has 1 heterocycles. The zero-order valence-electron chi connectivity index (χ0n) is 14.5. The maximum atomic E-state index is 12.2. The number of esters is 1. The largest absolute Gasteiger partial charge is 0.453 e. The van der Waals surface area contributed by atoms with Gasteiger partial charge in [-0.3, -0.25) is 9.59 Å². The molecule has 6 nitrogen and oxygen atoms in total. The topological polar surface area (TPSA) is 78.3 Å². The van der Waals surface area contributed by atoms with Crippen LogP contribution in [-0.2, 0) is 9.53 Å². The molecule has 0 unspecified atom stereocenters. The summed E-state index contributed by atoms with van der Waals surface area (Å²) in [6.07, 6.45) is 0. The minimum absolute atomic E-state index is 0.244. The first-order valence-corrected chi connectivity index (χ1v) is 8.05. The van der Waals surface area contributed by atoms with Crippen LogP contribution in [0.15, 0.2) is 35.1 Å². The molecule has 0 bridgehead atoms. The highest BCUT2D eigenvalue weighted by Crippen LogP contribution is 2.15. The summed E-state index contributed by atoms with van der Waals surface area (Å²) in [5.74, 6) is -1.17. The molecule has 2 aromatic rings. The van der Waals surface area contributed by atoms with E-state index in [2.05, 4.69) is 5.10 Å². The third-order valence-electron chi connectivity index (χ3n) is 3.54. The average Bonchev–Trinajstić information content (AvgIpc) is 2.52. The third kappa shape index (κ3) is 4.54. The van der Waals surface area contributed by atoms with Crippen LogP contribution in [-0.4, -0.2) is 28.1 Å². The number of halogens is 1. The maximum Gasteiger partial charge on any atom is 0.363 e. The Hall–Kier alpha value is -2.47. The number of ether oxygens (including phenoxy) is 1. The number of rotatable bonds is 4. The highest BCUT2D eigenvalue weighted by Gasteiger charge is 2.24. The van der Waals surface area contributed by atoms with Crippen molar-refractivity contribution in [2.75, 3.05) is 6.61 Å². The van der Waals surface area contributed by atoms with Crippen molar-refractivity contribution in [1.82, 2.24) is 9.78 Å². The molecular formula is C18H19ClN2O4. The Morgan fingerprint density at radius 3 is 2.36 bits per heavy atom. The summed E-state index contributed by atoms with van der Waals surface area (Å²) in [5, 5.41) is 4.65. The second kappa shape index (κ2) is 7.19. The predicted molar refractivity (Wildman–Crippen MR) is 94.3 cm³/mol. The van der Waals surface area contributed by atoms with Crippen LogP contribution < -0.4 is 5.43 Å². The first-order valence-electron chi connectivity index (χ1n) is 7.67. The van der Waals surface area contributed by atoms with E-state index in [1.165, 1.54) is 10.7 Å². The number of carbonyl (C=O) groups is 2. The fourth-order valence-corrected chi connectivity index (χ4v) is 2.07. The van der Waals surface area contributed by atoms with E-state index < -0.39 is 23.4 Å². The van der Waals surface area contributed by atoms with Gasteiger partial charge in [-0.2, -0.15) is 5.10 Å². The number of ketones is 1. The molecule has 0 fully saturated rings. The lowest BCUT2D eigenvalue weighted by Gasteiger charge is -2.16. The van der Waals surface area contributed by atoms with Gasteiger partial charge in [-0.25, -0.2) is 9.48 Å². The smallest absolute Gasteiger partial charge is 0.363 e. The normalized spacial score (nSPS) is 11.2. The lowest BCUT2D eigenvalue weighted by molar-refractivity contribution is -0.129. The minimum atomic E-state index is -0.926. The van der Waals surface area contributed by atoms with Gasteiger partial charge in [-0.1, -0.05) is 32.4 Å². The molecule has 0 atom stereocenters. The van der Waals surface area contributed by atoms with Crippen LogP contribution in [0.3, 0.4) is 0 Å². The first kappa shape index (κ1) is 18.9. The van der Waals surface area contributed by atoms with E-state index in [0.29, 0.717) is 16.4 Å². The lowest BCUT2D eigenvalue weighted by Crippen LogP contribution is -2.29. The summed E-state index contributed by atoms with van der Waals surface area (Å²) in [4.78, 5) is 36.1. The monoisotopic (exact) mass is 362 g/mol. The van der Waals surface area contributed by atoms with E-state index in [4.69, 9.17) is 16.3 Å². The standard InChI is InChI=1S/C18H19ClN2O4/c1-11-9-14(22)16(17(24)25-10-15(23)18(2,3)4)20-21(11)13-7-5-12(19)6-8-13/h5-9H,10H2,1-4H3. The van der Waals surface area contributed by atoms with E-state index in [0.717, 1.165) is 0 Å². The average molecular weight is 363 g/mol. The molecule has 7 heteroatoms. The van der Waals surface area contributed by atoms with Crippen molar-refractivity contribution in [3.63, 3.8) is 0 Å². The summed E-state index contributed by atoms with van der Waals surface area (Å²) >= 11 is 5.87. The molecule has 0 N–H and O–H groups in total. The van der Waals surface area contributed by atoms with Crippen LogP contribution in [0.4, 0.5) is 0 Å². The number of aromatic nitrogens is 2. The van der Waals surface area contributed by atoms with E-state index in [9.17, 15) is 14.4 Å². The number of hydrogen-bond donors (Lipinski definition) is 0. The first-order chi connectivity index (χ1) is 11.6. The van der Waals surface area contributed by atoms with E-state index in [1.54, 1.807) is 52.0 Å². The molecule has 0 radical (unpaired) electrons. The van der Waals surface area contributed by atoms with Crippen LogP contribution >= 0.6 is 11.6 Å². The Balaban J connectivity index is 2.31. The van der Waals surface area contributed by atoms with Gasteiger partial charge in [0.25, 0.3) is 0 Å². The third-order valence-corrected chi connectivity index (χ3v) is 3.79. The Kier molecular flexibility index (Phi) is 5.42. The van der Waals surface area contributed by atoms with E-state index in [-0.39, 0.29) is 11.5 Å². The maximum absolute atomic E-state index is 12.2. The molecule has 1 aromatic heterocycles. The van der Waals surface area contributed by atoms with Crippen LogP contribution in [0, 0.1) is 12.3 Å². The number of benzene rings is 1. The molecule has 132 valence electrons. The molecule has 25 heavy (non-hydrogen) atoms. The highest BCUT2D eigenvalue weighted by molar-refractivity contribution is 6.30. The summed E-state index contributed by atoms with van der Waals surface area (Å²) in [7, 11) is 0. The van der Waals surface area contributed by atoms with Gasteiger partial charge >= 0.3 is 5.97 Å². The van der Waals surface area contributed by atoms with Gasteiger partial charge in [0.15, 0.2) is 12.4 Å². The fourth-order valence-electron chi connectivity index (χ4n) is 1.95. The molecule has 0 aliphatic carbocycles. The lowest BCUT2D eigenvalue weighted by atomic mass is 9.91. The molecule has 0 spiro atoms. The van der Waals surface area contributed by atoms with Gasteiger partial charge in [-0.15, -0.1) is 0 Å². The fraction of sp³-hybridized carbons (Fsp3) is 0.333. The second-order valence-electron chi connectivity index (χ2n) is 6.64. The molecular weight excluding hydrogens is 344 g/mol. The molecule has 0 saturated carbocycles. The quantitative estimate of drug-likeness (QED) is 0.781. The van der Waals surface area contributed by atoms with Gasteiger partial charge in [0.1, 0.15) is 0 Å². The molecule has 0 saturated heterocycles. The minimum Gasteiger partial charge on any atom is -0.453 e. The van der Waals surface area contributed by atoms with Crippen LogP contribution in [0.5, 0.6) is 0 Å². The Morgan fingerprint density at radius 1 is 1.20 bits per heavy atom. The predicted octanol–water partition coefficient (Wildman–Crippen LogP) is 2.97. The van der Waals surface area contributed by atoms with Crippen molar-refractivity contribution in [1.29, 1.82) is 0 Å². The Morgan fingerprint density at radius 2 is 1.80 bits per heavy atom. The van der Waals surface area contributed by atoms with Gasteiger partial charge in [0.2, 0.25) is 11.1 Å². The highest BCUT2D eigenvalue weighted by atomic mass is 35.5. The summed E-state index contributed by atoms with van der Waals surface area (Å²) in [6.45, 7) is 6.46. The van der Waals surface area contributed by atoms with Crippen molar-refractivity contribution in [3.05, 3.63) is 57.0 Å². The van der Waals surface area contributed by atoms with E-state index >= 15 is 0 Å². The van der Waals surface area contributed by atoms with Crippen LogP contribution in [0.2, 0.25) is 5.02 Å². The van der Waals surface area contributed by atoms with Crippen molar-refractivity contribution < 1.29 is 14.3 Å². The summed E-state index contributed by atoms with van der Waals surface area (Å²) in [6, 6.07) is 8.08. The van der Waals surface area contributed by atoms with Gasteiger partial charge in [0, 0.05) is 22.2 Å². The number of aryl methyl sites for hydroxylation is 1. The van der Waals surface area contributed by atoms with E-state index in [1.807, 2.05) is 0 Å². The number of carbonyl (C=O) groups excluding carboxylic acids is 2. The molecule has 2 rings (SSSR count). The molecule has 1 aromatic carbocycles. The number of nitrogens with zero attached hydrogens (tertiary/aromatic N) is 2. The van der Waals surface area contributed by atoms with Gasteiger partial charge < -0.3 is 4.74 Å². The molecule has 0 amide bonds. The zero-order valence-corrected chi connectivity index (χ0v) is 15.3. The Labute approximate surface area is 150 Å². The van der Waals surface area contributed by atoms with Crippen molar-refractivity contribution in [2.24, 2.45) is 5.41 Å².